The van der Waals surface area contributed by atoms with E-state index in [9.17, 15) is 18.5 Å². The number of hydrogen-bond donors (Lipinski definition) is 0. The summed E-state index contributed by atoms with van der Waals surface area (Å²) in [5, 5.41) is 11.4. The molecule has 2 rings (SSSR count). The van der Waals surface area contributed by atoms with Crippen LogP contribution in [-0.2, 0) is 16.6 Å². The molecule has 9 heteroatoms. The van der Waals surface area contributed by atoms with Gasteiger partial charge in [0.15, 0.2) is 0 Å². The van der Waals surface area contributed by atoms with Gasteiger partial charge in [-0.25, -0.2) is 8.42 Å². The fourth-order valence-corrected chi connectivity index (χ4v) is 3.67. The van der Waals surface area contributed by atoms with Gasteiger partial charge in [-0.15, -0.1) is 0 Å². The average Bonchev–Trinajstić information content (AvgIpc) is 2.54. The zero-order valence-electron chi connectivity index (χ0n) is 13.0. The molecule has 0 spiro atoms. The number of sulfonamides is 1. The molecule has 0 aliphatic carbocycles. The molecule has 0 aliphatic heterocycles. The quantitative estimate of drug-likeness (QED) is 0.575. The summed E-state index contributed by atoms with van der Waals surface area (Å²) in [5.41, 5.74) is 0.364. The lowest BCUT2D eigenvalue weighted by Crippen LogP contribution is -2.27. The van der Waals surface area contributed by atoms with Gasteiger partial charge in [0.05, 0.1) is 12.0 Å². The van der Waals surface area contributed by atoms with E-state index < -0.39 is 14.9 Å². The fourth-order valence-electron chi connectivity index (χ4n) is 2.13. The van der Waals surface area contributed by atoms with Gasteiger partial charge in [-0.1, -0.05) is 23.7 Å². The molecule has 0 saturated carbocycles. The van der Waals surface area contributed by atoms with Crippen LogP contribution in [0.25, 0.3) is 0 Å². The second kappa shape index (κ2) is 7.16. The second-order valence-electron chi connectivity index (χ2n) is 4.98. The molecular weight excluding hydrogens is 356 g/mol. The number of nitro groups is 1. The normalized spacial score (nSPS) is 11.5. The maximum absolute atomic E-state index is 12.8. The number of benzene rings is 2. The van der Waals surface area contributed by atoms with Crippen molar-refractivity contribution in [1.82, 2.24) is 4.31 Å². The van der Waals surface area contributed by atoms with Crippen molar-refractivity contribution < 1.29 is 18.1 Å². The van der Waals surface area contributed by atoms with E-state index in [1.807, 2.05) is 0 Å². The second-order valence-corrected chi connectivity index (χ2v) is 7.43. The first kappa shape index (κ1) is 18.2. The van der Waals surface area contributed by atoms with Gasteiger partial charge in [-0.2, -0.15) is 4.31 Å². The molecule has 2 aromatic rings. The third-order valence-electron chi connectivity index (χ3n) is 3.34. The zero-order chi connectivity index (χ0) is 17.9. The van der Waals surface area contributed by atoms with Crippen LogP contribution in [0.5, 0.6) is 5.75 Å². The van der Waals surface area contributed by atoms with Crippen molar-refractivity contribution in [3.05, 3.63) is 63.2 Å². The van der Waals surface area contributed by atoms with E-state index >= 15 is 0 Å². The Labute approximate surface area is 144 Å². The molecule has 0 radical (unpaired) electrons. The number of non-ortho nitro benzene ring substituents is 1. The van der Waals surface area contributed by atoms with Crippen molar-refractivity contribution in [2.24, 2.45) is 0 Å². The molecule has 128 valence electrons. The third-order valence-corrected chi connectivity index (χ3v) is 5.40. The number of halogens is 1. The minimum absolute atomic E-state index is 0.0403. The molecule has 24 heavy (non-hydrogen) atoms. The maximum atomic E-state index is 12.8. The highest BCUT2D eigenvalue weighted by molar-refractivity contribution is 7.89. The Bertz CT molecular complexity index is 870. The molecule has 0 aliphatic rings. The highest BCUT2D eigenvalue weighted by Crippen LogP contribution is 2.30. The summed E-state index contributed by atoms with van der Waals surface area (Å²) in [6, 6.07) is 10.2. The van der Waals surface area contributed by atoms with Crippen molar-refractivity contribution in [2.45, 2.75) is 11.4 Å². The molecule has 0 heterocycles. The van der Waals surface area contributed by atoms with Gasteiger partial charge in [-0.3, -0.25) is 10.1 Å². The molecule has 0 unspecified atom stereocenters. The number of rotatable bonds is 6. The van der Waals surface area contributed by atoms with E-state index in [-0.39, 0.29) is 22.9 Å². The van der Waals surface area contributed by atoms with E-state index in [4.69, 9.17) is 16.3 Å². The largest absolute Gasteiger partial charge is 0.495 e. The van der Waals surface area contributed by atoms with Crippen LogP contribution in [0.15, 0.2) is 47.4 Å². The van der Waals surface area contributed by atoms with Crippen molar-refractivity contribution >= 4 is 27.3 Å². The fraction of sp³-hybridized carbons (Fsp3) is 0.200. The first-order chi connectivity index (χ1) is 11.3. The lowest BCUT2D eigenvalue weighted by Gasteiger charge is -2.19. The number of nitro benzene ring substituents is 1. The highest BCUT2D eigenvalue weighted by Gasteiger charge is 2.27. The molecule has 0 N–H and O–H groups in total. The van der Waals surface area contributed by atoms with Crippen molar-refractivity contribution in [2.75, 3.05) is 14.2 Å². The summed E-state index contributed by atoms with van der Waals surface area (Å²) in [6.45, 7) is 0.0642. The van der Waals surface area contributed by atoms with Crippen LogP contribution in [-0.4, -0.2) is 31.8 Å². The van der Waals surface area contributed by atoms with E-state index in [2.05, 4.69) is 0 Å². The molecular formula is C15H15ClN2O5S. The van der Waals surface area contributed by atoms with Crippen LogP contribution in [0, 0.1) is 10.1 Å². The van der Waals surface area contributed by atoms with E-state index in [0.29, 0.717) is 10.6 Å². The summed E-state index contributed by atoms with van der Waals surface area (Å²) in [5.74, 6) is 0.0403. The lowest BCUT2D eigenvalue weighted by molar-refractivity contribution is -0.385. The Morgan fingerprint density at radius 2 is 1.96 bits per heavy atom. The van der Waals surface area contributed by atoms with Crippen molar-refractivity contribution in [3.63, 3.8) is 0 Å². The first-order valence-electron chi connectivity index (χ1n) is 6.79. The molecule has 0 saturated heterocycles. The predicted molar refractivity (Wildman–Crippen MR) is 89.8 cm³/mol. The molecule has 0 amide bonds. The Kier molecular flexibility index (Phi) is 5.43. The molecule has 2 aromatic carbocycles. The van der Waals surface area contributed by atoms with E-state index in [1.165, 1.54) is 26.3 Å². The maximum Gasteiger partial charge on any atom is 0.271 e. The van der Waals surface area contributed by atoms with Gasteiger partial charge in [0.2, 0.25) is 10.0 Å². The topological polar surface area (TPSA) is 89.7 Å². The van der Waals surface area contributed by atoms with Crippen LogP contribution >= 0.6 is 11.6 Å². The molecule has 7 nitrogen and oxygen atoms in total. The minimum atomic E-state index is -3.99. The van der Waals surface area contributed by atoms with Crippen LogP contribution in [0.1, 0.15) is 5.56 Å². The van der Waals surface area contributed by atoms with Gasteiger partial charge < -0.3 is 4.74 Å². The monoisotopic (exact) mass is 370 g/mol. The van der Waals surface area contributed by atoms with Crippen molar-refractivity contribution in [1.29, 1.82) is 0 Å². The number of methoxy groups -OCH3 is 1. The van der Waals surface area contributed by atoms with Gasteiger partial charge >= 0.3 is 0 Å². The SMILES string of the molecule is COc1ccc([N+](=O)[O-])cc1S(=O)(=O)N(C)Cc1cccc(Cl)c1. The molecule has 0 aromatic heterocycles. The van der Waals surface area contributed by atoms with E-state index in [0.717, 1.165) is 10.4 Å². The van der Waals surface area contributed by atoms with E-state index in [1.54, 1.807) is 24.3 Å². The first-order valence-corrected chi connectivity index (χ1v) is 8.60. The van der Waals surface area contributed by atoms with Gasteiger partial charge in [0.25, 0.3) is 5.69 Å². The van der Waals surface area contributed by atoms with Gasteiger partial charge in [-0.05, 0) is 23.8 Å². The summed E-state index contributed by atoms with van der Waals surface area (Å²) >= 11 is 5.90. The van der Waals surface area contributed by atoms with Crippen LogP contribution in [0.3, 0.4) is 0 Å². The van der Waals surface area contributed by atoms with Crippen LogP contribution in [0.2, 0.25) is 5.02 Å². The van der Waals surface area contributed by atoms with Gasteiger partial charge in [0, 0.05) is 30.7 Å². The standard InChI is InChI=1S/C15H15ClN2O5S/c1-17(10-11-4-3-5-12(16)8-11)24(21,22)15-9-13(18(19)20)6-7-14(15)23-2/h3-9H,10H2,1-2H3. The summed E-state index contributed by atoms with van der Waals surface area (Å²) < 4.78 is 31.7. The Balaban J connectivity index is 2.41. The van der Waals surface area contributed by atoms with Crippen molar-refractivity contribution in [3.8, 4) is 5.75 Å². The third kappa shape index (κ3) is 3.84. The molecule has 0 atom stereocenters. The summed E-state index contributed by atoms with van der Waals surface area (Å²) in [4.78, 5) is 10.0. The number of nitrogens with zero attached hydrogens (tertiary/aromatic N) is 2. The Hall–Kier alpha value is -2.16. The molecule has 0 fully saturated rings. The van der Waals surface area contributed by atoms with Gasteiger partial charge in [0.1, 0.15) is 10.6 Å². The predicted octanol–water partition coefficient (Wildman–Crippen LogP) is 3.08. The average molecular weight is 371 g/mol. The summed E-state index contributed by atoms with van der Waals surface area (Å²) in [6.07, 6.45) is 0. The molecule has 0 bridgehead atoms. The Morgan fingerprint density at radius 3 is 2.54 bits per heavy atom. The summed E-state index contributed by atoms with van der Waals surface area (Å²) in [7, 11) is -1.30. The van der Waals surface area contributed by atoms with Crippen LogP contribution in [0.4, 0.5) is 5.69 Å². The highest BCUT2D eigenvalue weighted by atomic mass is 35.5. The minimum Gasteiger partial charge on any atom is -0.495 e. The Morgan fingerprint density at radius 1 is 1.25 bits per heavy atom. The number of hydrogen-bond acceptors (Lipinski definition) is 5. The zero-order valence-corrected chi connectivity index (χ0v) is 14.5. The van der Waals surface area contributed by atoms with Crippen LogP contribution < -0.4 is 4.74 Å². The lowest BCUT2D eigenvalue weighted by atomic mass is 10.2. The number of ether oxygens (including phenoxy) is 1. The smallest absolute Gasteiger partial charge is 0.271 e.